The lowest BCUT2D eigenvalue weighted by molar-refractivity contribution is -0.173. The van der Waals surface area contributed by atoms with Crippen LogP contribution < -0.4 is 0 Å². The molecule has 120 valence electrons. The lowest BCUT2D eigenvalue weighted by Gasteiger charge is -2.24. The normalized spacial score (nSPS) is 21.2. The van der Waals surface area contributed by atoms with Crippen molar-refractivity contribution in [3.8, 4) is 0 Å². The fraction of sp³-hybridized carbons (Fsp3) is 0.714. The highest BCUT2D eigenvalue weighted by Gasteiger charge is 2.56. The summed E-state index contributed by atoms with van der Waals surface area (Å²) in [5, 5.41) is 0. The van der Waals surface area contributed by atoms with Crippen LogP contribution in [-0.2, 0) is 19.1 Å². The number of carbonyl (C=O) groups is 2. The van der Waals surface area contributed by atoms with Gasteiger partial charge in [0.25, 0.3) is 0 Å². The molecule has 0 heterocycles. The highest BCUT2D eigenvalue weighted by molar-refractivity contribution is 6.01. The average molecular weight is 308 g/mol. The predicted molar refractivity (Wildman–Crippen MR) is 68.2 cm³/mol. The molecular weight excluding hydrogens is 289 g/mol. The molecule has 0 aromatic carbocycles. The molecule has 0 aromatic rings. The zero-order chi connectivity index (χ0) is 16.3. The molecule has 0 saturated heterocycles. The molecule has 1 unspecified atom stereocenters. The summed E-state index contributed by atoms with van der Waals surface area (Å²) < 4.78 is 47.4. The van der Waals surface area contributed by atoms with Crippen molar-refractivity contribution in [3.05, 3.63) is 12.2 Å². The molecule has 0 bridgehead atoms. The van der Waals surface area contributed by atoms with E-state index in [1.54, 1.807) is 13.8 Å². The van der Waals surface area contributed by atoms with Crippen LogP contribution >= 0.6 is 0 Å². The van der Waals surface area contributed by atoms with Gasteiger partial charge < -0.3 is 9.47 Å². The largest absolute Gasteiger partial charge is 0.465 e. The first-order valence-electron chi connectivity index (χ1n) is 6.75. The van der Waals surface area contributed by atoms with Crippen LogP contribution in [0.5, 0.6) is 0 Å². The van der Waals surface area contributed by atoms with Gasteiger partial charge in [-0.3, -0.25) is 9.59 Å². The molecule has 0 N–H and O–H groups in total. The van der Waals surface area contributed by atoms with Crippen LogP contribution in [0.3, 0.4) is 0 Å². The number of hydrogen-bond donors (Lipinski definition) is 0. The Morgan fingerprint density at radius 2 is 1.71 bits per heavy atom. The predicted octanol–water partition coefficient (Wildman–Crippen LogP) is 3.02. The first kappa shape index (κ1) is 17.5. The number of ether oxygens (including phenoxy) is 2. The van der Waals surface area contributed by atoms with Crippen molar-refractivity contribution < 1.29 is 32.2 Å². The van der Waals surface area contributed by atoms with E-state index in [1.807, 2.05) is 0 Å². The van der Waals surface area contributed by atoms with E-state index in [2.05, 4.69) is 6.58 Å². The summed E-state index contributed by atoms with van der Waals surface area (Å²) in [4.78, 5) is 24.2. The third kappa shape index (κ3) is 3.98. The Morgan fingerprint density at radius 1 is 1.24 bits per heavy atom. The summed E-state index contributed by atoms with van der Waals surface area (Å²) in [5.41, 5.74) is -1.47. The van der Waals surface area contributed by atoms with Gasteiger partial charge in [0.2, 0.25) is 0 Å². The minimum atomic E-state index is -4.38. The van der Waals surface area contributed by atoms with Gasteiger partial charge >= 0.3 is 18.1 Å². The van der Waals surface area contributed by atoms with Gasteiger partial charge in [0.15, 0.2) is 5.41 Å². The van der Waals surface area contributed by atoms with Crippen molar-refractivity contribution in [2.75, 3.05) is 13.2 Å². The SMILES string of the molecule is C=C1CC(C(=O)OCC)(C(=O)OCC)CC1CC(F)(F)F. The molecule has 0 spiro atoms. The fourth-order valence-electron chi connectivity index (χ4n) is 2.60. The average Bonchev–Trinajstić information content (AvgIpc) is 2.66. The first-order chi connectivity index (χ1) is 9.66. The molecule has 1 saturated carbocycles. The van der Waals surface area contributed by atoms with Crippen LogP contribution in [-0.4, -0.2) is 31.3 Å². The van der Waals surface area contributed by atoms with E-state index >= 15 is 0 Å². The smallest absolute Gasteiger partial charge is 0.389 e. The molecule has 1 fully saturated rings. The molecule has 21 heavy (non-hydrogen) atoms. The Hall–Kier alpha value is -1.53. The molecule has 7 heteroatoms. The quantitative estimate of drug-likeness (QED) is 0.445. The maximum absolute atomic E-state index is 12.6. The summed E-state index contributed by atoms with van der Waals surface area (Å²) in [5.74, 6) is -2.65. The van der Waals surface area contributed by atoms with Crippen molar-refractivity contribution >= 4 is 11.9 Å². The van der Waals surface area contributed by atoms with Crippen molar-refractivity contribution in [1.82, 2.24) is 0 Å². The molecule has 0 aromatic heterocycles. The minimum absolute atomic E-state index is 0.0381. The zero-order valence-corrected chi connectivity index (χ0v) is 12.1. The van der Waals surface area contributed by atoms with E-state index in [0.717, 1.165) is 0 Å². The van der Waals surface area contributed by atoms with Crippen LogP contribution in [0.2, 0.25) is 0 Å². The minimum Gasteiger partial charge on any atom is -0.465 e. The Labute approximate surface area is 121 Å². The first-order valence-corrected chi connectivity index (χ1v) is 6.75. The molecule has 0 aliphatic heterocycles. The van der Waals surface area contributed by atoms with Gasteiger partial charge in [-0.1, -0.05) is 12.2 Å². The van der Waals surface area contributed by atoms with Crippen molar-refractivity contribution in [3.63, 3.8) is 0 Å². The van der Waals surface area contributed by atoms with Crippen LogP contribution in [0, 0.1) is 11.3 Å². The van der Waals surface area contributed by atoms with Gasteiger partial charge in [0.05, 0.1) is 19.6 Å². The Bertz CT molecular complexity index is 410. The second kappa shape index (κ2) is 6.49. The monoisotopic (exact) mass is 308 g/mol. The number of esters is 2. The maximum atomic E-state index is 12.6. The number of halogens is 3. The fourth-order valence-corrected chi connectivity index (χ4v) is 2.60. The van der Waals surface area contributed by atoms with Gasteiger partial charge in [-0.2, -0.15) is 13.2 Å². The third-order valence-corrected chi connectivity index (χ3v) is 3.51. The number of rotatable bonds is 5. The van der Waals surface area contributed by atoms with Crippen molar-refractivity contribution in [2.45, 2.75) is 39.3 Å². The number of carbonyl (C=O) groups excluding carboxylic acids is 2. The number of hydrogen-bond acceptors (Lipinski definition) is 4. The van der Waals surface area contributed by atoms with E-state index in [4.69, 9.17) is 9.47 Å². The Morgan fingerprint density at radius 3 is 2.10 bits per heavy atom. The van der Waals surface area contributed by atoms with E-state index in [9.17, 15) is 22.8 Å². The summed E-state index contributed by atoms with van der Waals surface area (Å²) in [6.45, 7) is 6.79. The third-order valence-electron chi connectivity index (χ3n) is 3.51. The van der Waals surface area contributed by atoms with E-state index < -0.39 is 35.9 Å². The Kier molecular flexibility index (Phi) is 5.42. The second-order valence-corrected chi connectivity index (χ2v) is 5.08. The van der Waals surface area contributed by atoms with Gasteiger partial charge in [-0.25, -0.2) is 0 Å². The van der Waals surface area contributed by atoms with Gasteiger partial charge in [0.1, 0.15) is 0 Å². The van der Waals surface area contributed by atoms with E-state index in [1.165, 1.54) is 0 Å². The van der Waals surface area contributed by atoms with Crippen LogP contribution in [0.25, 0.3) is 0 Å². The molecular formula is C14H19F3O4. The maximum Gasteiger partial charge on any atom is 0.389 e. The number of allylic oxidation sites excluding steroid dienone is 1. The van der Waals surface area contributed by atoms with Crippen molar-refractivity contribution in [2.24, 2.45) is 11.3 Å². The van der Waals surface area contributed by atoms with Crippen LogP contribution in [0.1, 0.15) is 33.1 Å². The van der Waals surface area contributed by atoms with E-state index in [0.29, 0.717) is 0 Å². The molecule has 1 rings (SSSR count). The summed E-state index contributed by atoms with van der Waals surface area (Å²) >= 11 is 0. The van der Waals surface area contributed by atoms with Crippen molar-refractivity contribution in [1.29, 1.82) is 0 Å². The highest BCUT2D eigenvalue weighted by atomic mass is 19.4. The molecule has 4 nitrogen and oxygen atoms in total. The standard InChI is InChI=1S/C14H19F3O4/c1-4-20-11(18)13(12(19)21-5-2)6-9(3)10(7-13)8-14(15,16)17/h10H,3-8H2,1-2H3. The molecule has 0 radical (unpaired) electrons. The van der Waals surface area contributed by atoms with Crippen LogP contribution in [0.15, 0.2) is 12.2 Å². The van der Waals surface area contributed by atoms with Crippen LogP contribution in [0.4, 0.5) is 13.2 Å². The Balaban J connectivity index is 3.03. The summed E-state index contributed by atoms with van der Waals surface area (Å²) in [6, 6.07) is 0. The zero-order valence-electron chi connectivity index (χ0n) is 12.1. The topological polar surface area (TPSA) is 52.6 Å². The van der Waals surface area contributed by atoms with Gasteiger partial charge in [0, 0.05) is 0 Å². The molecule has 1 atom stereocenters. The lowest BCUT2D eigenvalue weighted by atomic mass is 9.84. The number of alkyl halides is 3. The molecule has 0 amide bonds. The highest BCUT2D eigenvalue weighted by Crippen LogP contribution is 2.49. The molecule has 1 aliphatic rings. The van der Waals surface area contributed by atoms with E-state index in [-0.39, 0.29) is 31.6 Å². The molecule has 1 aliphatic carbocycles. The summed E-state index contributed by atoms with van der Waals surface area (Å²) in [7, 11) is 0. The van der Waals surface area contributed by atoms with Gasteiger partial charge in [-0.15, -0.1) is 0 Å². The van der Waals surface area contributed by atoms with Gasteiger partial charge in [-0.05, 0) is 32.6 Å². The second-order valence-electron chi connectivity index (χ2n) is 5.08. The lowest BCUT2D eigenvalue weighted by Crippen LogP contribution is -2.40. The summed E-state index contributed by atoms with van der Waals surface area (Å²) in [6.07, 6.45) is -5.92.